The Balaban J connectivity index is 2.06. The van der Waals surface area contributed by atoms with Gasteiger partial charge in [-0.2, -0.15) is 0 Å². The molecule has 0 spiro atoms. The summed E-state index contributed by atoms with van der Waals surface area (Å²) in [6, 6.07) is 17.9. The van der Waals surface area contributed by atoms with E-state index in [9.17, 15) is 18.0 Å². The molecule has 2 amide bonds. The summed E-state index contributed by atoms with van der Waals surface area (Å²) in [4.78, 5) is 27.4. The monoisotopic (exact) mass is 567 g/mol. The fourth-order valence-electron chi connectivity index (χ4n) is 3.49. The summed E-state index contributed by atoms with van der Waals surface area (Å²) in [5.41, 5.74) is 0.752. The van der Waals surface area contributed by atoms with Gasteiger partial charge in [0, 0.05) is 23.6 Å². The summed E-state index contributed by atoms with van der Waals surface area (Å²) in [5, 5.41) is 3.38. The standard InChI is InChI=1S/C25H24Cl3N3O4S/c1-17(25(33)29-2)30(15-18-8-10-19(26)11-9-18)24(32)16-31(23-14-20(27)12-13-22(23)28)36(34,35)21-6-4-3-5-7-21/h3-14,17H,15-16H2,1-2H3,(H,29,33). The fourth-order valence-corrected chi connectivity index (χ4v) is 5.50. The van der Waals surface area contributed by atoms with Crippen LogP contribution in [0.4, 0.5) is 5.69 Å². The van der Waals surface area contributed by atoms with E-state index < -0.39 is 34.4 Å². The van der Waals surface area contributed by atoms with Gasteiger partial charge >= 0.3 is 0 Å². The molecule has 1 atom stereocenters. The molecule has 0 heterocycles. The number of rotatable bonds is 9. The molecule has 11 heteroatoms. The lowest BCUT2D eigenvalue weighted by Crippen LogP contribution is -2.50. The van der Waals surface area contributed by atoms with E-state index in [4.69, 9.17) is 34.8 Å². The number of sulfonamides is 1. The second kappa shape index (κ2) is 12.0. The molecular weight excluding hydrogens is 545 g/mol. The SMILES string of the molecule is CNC(=O)C(C)N(Cc1ccc(Cl)cc1)C(=O)CN(c1cc(Cl)ccc1Cl)S(=O)(=O)c1ccccc1. The first kappa shape index (κ1) is 27.8. The molecular formula is C25H24Cl3N3O4S. The van der Waals surface area contributed by atoms with Crippen LogP contribution in [0.3, 0.4) is 0 Å². The zero-order chi connectivity index (χ0) is 26.5. The first-order valence-corrected chi connectivity index (χ1v) is 13.4. The number of likely N-dealkylation sites (N-methyl/N-ethyl adjacent to an activating group) is 1. The maximum Gasteiger partial charge on any atom is 0.264 e. The van der Waals surface area contributed by atoms with Crippen molar-refractivity contribution >= 4 is 62.3 Å². The van der Waals surface area contributed by atoms with Crippen molar-refractivity contribution in [2.24, 2.45) is 0 Å². The number of hydrogen-bond donors (Lipinski definition) is 1. The summed E-state index contributed by atoms with van der Waals surface area (Å²) < 4.78 is 28.2. The van der Waals surface area contributed by atoms with Crippen LogP contribution in [0.25, 0.3) is 0 Å². The van der Waals surface area contributed by atoms with E-state index in [2.05, 4.69) is 5.32 Å². The van der Waals surface area contributed by atoms with Crippen LogP contribution in [0.5, 0.6) is 0 Å². The Bertz CT molecular complexity index is 1340. The molecule has 0 saturated carbocycles. The van der Waals surface area contributed by atoms with Gasteiger partial charge in [-0.15, -0.1) is 0 Å². The van der Waals surface area contributed by atoms with Crippen LogP contribution in [0.15, 0.2) is 77.7 Å². The van der Waals surface area contributed by atoms with E-state index in [1.807, 2.05) is 0 Å². The largest absolute Gasteiger partial charge is 0.357 e. The molecule has 0 bridgehead atoms. The Kier molecular flexibility index (Phi) is 9.24. The van der Waals surface area contributed by atoms with E-state index in [0.29, 0.717) is 10.6 Å². The molecule has 0 aliphatic rings. The topological polar surface area (TPSA) is 86.8 Å². The Labute approximate surface area is 225 Å². The smallest absolute Gasteiger partial charge is 0.264 e. The molecule has 0 aromatic heterocycles. The second-order valence-electron chi connectivity index (χ2n) is 7.86. The number of carbonyl (C=O) groups is 2. The van der Waals surface area contributed by atoms with Gasteiger partial charge in [-0.05, 0) is 55.0 Å². The Morgan fingerprint density at radius 3 is 2.14 bits per heavy atom. The minimum Gasteiger partial charge on any atom is -0.357 e. The summed E-state index contributed by atoms with van der Waals surface area (Å²) in [6.07, 6.45) is 0. The van der Waals surface area contributed by atoms with Gasteiger partial charge < -0.3 is 10.2 Å². The lowest BCUT2D eigenvalue weighted by molar-refractivity contribution is -0.139. The Morgan fingerprint density at radius 1 is 0.917 bits per heavy atom. The number of halogens is 3. The highest BCUT2D eigenvalue weighted by atomic mass is 35.5. The zero-order valence-electron chi connectivity index (χ0n) is 19.5. The summed E-state index contributed by atoms with van der Waals surface area (Å²) in [6.45, 7) is 0.994. The highest BCUT2D eigenvalue weighted by molar-refractivity contribution is 7.92. The first-order chi connectivity index (χ1) is 17.0. The second-order valence-corrected chi connectivity index (χ2v) is 11.0. The number of nitrogens with one attached hydrogen (secondary N) is 1. The molecule has 3 aromatic carbocycles. The van der Waals surface area contributed by atoms with Crippen LogP contribution in [-0.2, 0) is 26.2 Å². The number of anilines is 1. The molecule has 0 aliphatic carbocycles. The predicted octanol–water partition coefficient (Wildman–Crippen LogP) is 5.01. The van der Waals surface area contributed by atoms with Crippen molar-refractivity contribution in [2.45, 2.75) is 24.4 Å². The average molecular weight is 569 g/mol. The highest BCUT2D eigenvalue weighted by Crippen LogP contribution is 2.33. The predicted molar refractivity (Wildman–Crippen MR) is 143 cm³/mol. The van der Waals surface area contributed by atoms with Gasteiger partial charge in [-0.25, -0.2) is 8.42 Å². The van der Waals surface area contributed by atoms with E-state index in [1.165, 1.54) is 42.3 Å². The molecule has 3 rings (SSSR count). The molecule has 190 valence electrons. The summed E-state index contributed by atoms with van der Waals surface area (Å²) in [5.74, 6) is -1.02. The number of amides is 2. The van der Waals surface area contributed by atoms with Gasteiger partial charge in [0.25, 0.3) is 10.0 Å². The van der Waals surface area contributed by atoms with Gasteiger partial charge in [0.05, 0.1) is 15.6 Å². The first-order valence-electron chi connectivity index (χ1n) is 10.8. The average Bonchev–Trinajstić information content (AvgIpc) is 2.87. The molecule has 0 saturated heterocycles. The van der Waals surface area contributed by atoms with Crippen molar-refractivity contribution in [1.29, 1.82) is 0 Å². The van der Waals surface area contributed by atoms with Crippen molar-refractivity contribution < 1.29 is 18.0 Å². The lowest BCUT2D eigenvalue weighted by Gasteiger charge is -2.32. The van der Waals surface area contributed by atoms with Crippen LogP contribution in [0.2, 0.25) is 15.1 Å². The van der Waals surface area contributed by atoms with E-state index >= 15 is 0 Å². The van der Waals surface area contributed by atoms with Crippen molar-refractivity contribution in [3.63, 3.8) is 0 Å². The van der Waals surface area contributed by atoms with Gasteiger partial charge in [0.1, 0.15) is 12.6 Å². The van der Waals surface area contributed by atoms with Crippen molar-refractivity contribution in [3.8, 4) is 0 Å². The molecule has 1 N–H and O–H groups in total. The van der Waals surface area contributed by atoms with E-state index in [-0.39, 0.29) is 27.2 Å². The summed E-state index contributed by atoms with van der Waals surface area (Å²) >= 11 is 18.5. The maximum absolute atomic E-state index is 13.7. The Morgan fingerprint density at radius 2 is 1.53 bits per heavy atom. The minimum atomic E-state index is -4.23. The van der Waals surface area contributed by atoms with Crippen molar-refractivity contribution in [3.05, 3.63) is 93.4 Å². The van der Waals surface area contributed by atoms with Gasteiger partial charge in [0.2, 0.25) is 11.8 Å². The van der Waals surface area contributed by atoms with Crippen LogP contribution in [0.1, 0.15) is 12.5 Å². The third kappa shape index (κ3) is 6.50. The molecule has 1 unspecified atom stereocenters. The number of benzene rings is 3. The van der Waals surface area contributed by atoms with Crippen LogP contribution in [0, 0.1) is 0 Å². The normalized spacial score (nSPS) is 12.0. The fraction of sp³-hybridized carbons (Fsp3) is 0.200. The number of hydrogen-bond acceptors (Lipinski definition) is 4. The molecule has 7 nitrogen and oxygen atoms in total. The van der Waals surface area contributed by atoms with Crippen molar-refractivity contribution in [2.75, 3.05) is 17.9 Å². The van der Waals surface area contributed by atoms with Crippen LogP contribution >= 0.6 is 34.8 Å². The molecule has 0 fully saturated rings. The quantitative estimate of drug-likeness (QED) is 0.393. The minimum absolute atomic E-state index is 0.0301. The van der Waals surface area contributed by atoms with Crippen LogP contribution in [-0.4, -0.2) is 44.8 Å². The maximum atomic E-state index is 13.7. The zero-order valence-corrected chi connectivity index (χ0v) is 22.6. The van der Waals surface area contributed by atoms with E-state index in [0.717, 1.165) is 4.31 Å². The molecule has 0 radical (unpaired) electrons. The molecule has 3 aromatic rings. The number of nitrogens with zero attached hydrogens (tertiary/aromatic N) is 2. The van der Waals surface area contributed by atoms with Gasteiger partial charge in [0.15, 0.2) is 0 Å². The van der Waals surface area contributed by atoms with Crippen molar-refractivity contribution in [1.82, 2.24) is 10.2 Å². The molecule has 36 heavy (non-hydrogen) atoms. The molecule has 0 aliphatic heterocycles. The third-order valence-electron chi connectivity index (χ3n) is 5.47. The summed E-state index contributed by atoms with van der Waals surface area (Å²) in [7, 11) is -2.77. The third-order valence-corrected chi connectivity index (χ3v) is 8.05. The van der Waals surface area contributed by atoms with Gasteiger partial charge in [-0.3, -0.25) is 13.9 Å². The number of carbonyl (C=O) groups excluding carboxylic acids is 2. The Hall–Kier alpha value is -2.78. The lowest BCUT2D eigenvalue weighted by atomic mass is 10.1. The van der Waals surface area contributed by atoms with Crippen LogP contribution < -0.4 is 9.62 Å². The van der Waals surface area contributed by atoms with E-state index in [1.54, 1.807) is 49.4 Å². The highest BCUT2D eigenvalue weighted by Gasteiger charge is 2.33. The van der Waals surface area contributed by atoms with Gasteiger partial charge in [-0.1, -0.05) is 65.1 Å².